The van der Waals surface area contributed by atoms with Gasteiger partial charge in [-0.25, -0.2) is 0 Å². The first kappa shape index (κ1) is 53.8. The van der Waals surface area contributed by atoms with Crippen LogP contribution in [0.15, 0.2) is 24.5 Å². The fourth-order valence-electron chi connectivity index (χ4n) is 6.45. The Bertz CT molecular complexity index is 936. The van der Waals surface area contributed by atoms with Crippen molar-refractivity contribution in [3.8, 4) is 0 Å². The van der Waals surface area contributed by atoms with E-state index in [-0.39, 0.29) is 25.8 Å². The quantitative estimate of drug-likeness (QED) is 0.0151. The Hall–Kier alpha value is -1.18. The van der Waals surface area contributed by atoms with Crippen molar-refractivity contribution in [2.45, 2.75) is 219 Å². The highest BCUT2D eigenvalue weighted by molar-refractivity contribution is 7.45. The summed E-state index contributed by atoms with van der Waals surface area (Å²) in [5.41, 5.74) is 0. The second-order valence-electron chi connectivity index (χ2n) is 16.8. The maximum absolute atomic E-state index is 12.7. The smallest absolute Gasteiger partial charge is 0.306 e. The minimum Gasteiger partial charge on any atom is -0.756 e. The summed E-state index contributed by atoms with van der Waals surface area (Å²) in [6, 6.07) is 0. The lowest BCUT2D eigenvalue weighted by molar-refractivity contribution is -0.870. The van der Waals surface area contributed by atoms with E-state index in [1.807, 2.05) is 27.2 Å². The van der Waals surface area contributed by atoms with Crippen molar-refractivity contribution in [3.63, 3.8) is 0 Å². The lowest BCUT2D eigenvalue weighted by Gasteiger charge is -2.28. The fraction of sp³-hybridized carbons (Fsp3) is 0.891. The zero-order valence-corrected chi connectivity index (χ0v) is 37.8. The normalized spacial score (nSPS) is 13.9. The first-order chi connectivity index (χ1) is 26.6. The molecule has 2 atom stereocenters. The van der Waals surface area contributed by atoms with E-state index in [4.69, 9.17) is 18.5 Å². The Balaban J connectivity index is 4.22. The number of unbranched alkanes of at least 4 members (excludes halogenated alkanes) is 27. The monoisotopic (exact) mass is 800 g/mol. The summed E-state index contributed by atoms with van der Waals surface area (Å²) in [5.74, 6) is -0.356. The third-order valence-electron chi connectivity index (χ3n) is 10.1. The average molecular weight is 800 g/mol. The number of carbonyl (C=O) groups excluding carboxylic acids is 1. The number of hydrogen-bond donors (Lipinski definition) is 0. The average Bonchev–Trinajstić information content (AvgIpc) is 3.13. The molecule has 0 N–H and O–H groups in total. The van der Waals surface area contributed by atoms with Gasteiger partial charge in [0.05, 0.1) is 34.0 Å². The lowest BCUT2D eigenvalue weighted by Crippen LogP contribution is -2.37. The fourth-order valence-corrected chi connectivity index (χ4v) is 7.18. The molecule has 0 saturated carbocycles. The predicted octanol–water partition coefficient (Wildman–Crippen LogP) is 13.3. The van der Waals surface area contributed by atoms with Crippen molar-refractivity contribution in [2.75, 3.05) is 47.5 Å². The van der Waals surface area contributed by atoms with Gasteiger partial charge in [-0.1, -0.05) is 174 Å². The van der Waals surface area contributed by atoms with Gasteiger partial charge >= 0.3 is 5.97 Å². The van der Waals surface area contributed by atoms with E-state index < -0.39 is 13.9 Å². The molecular weight excluding hydrogens is 709 g/mol. The predicted molar refractivity (Wildman–Crippen MR) is 231 cm³/mol. The molecule has 0 fully saturated rings. The van der Waals surface area contributed by atoms with Gasteiger partial charge in [-0.2, -0.15) is 0 Å². The van der Waals surface area contributed by atoms with Gasteiger partial charge < -0.3 is 27.9 Å². The molecule has 0 rings (SSSR count). The van der Waals surface area contributed by atoms with Crippen molar-refractivity contribution < 1.29 is 37.3 Å². The van der Waals surface area contributed by atoms with Crippen LogP contribution in [-0.2, 0) is 27.9 Å². The number of phosphoric acid groups is 1. The molecule has 0 aromatic heterocycles. The minimum absolute atomic E-state index is 0.0179. The number of hydrogen-bond acceptors (Lipinski definition) is 7. The van der Waals surface area contributed by atoms with E-state index in [0.717, 1.165) is 32.1 Å². The zero-order valence-electron chi connectivity index (χ0n) is 36.9. The Labute approximate surface area is 341 Å². The van der Waals surface area contributed by atoms with Crippen LogP contribution >= 0.6 is 7.82 Å². The molecule has 0 radical (unpaired) electrons. The molecule has 8 nitrogen and oxygen atoms in total. The summed E-state index contributed by atoms with van der Waals surface area (Å²) in [5, 5.41) is 0. The van der Waals surface area contributed by atoms with Gasteiger partial charge in [0.15, 0.2) is 6.10 Å². The number of likely N-dealkylation sites (N-methyl/N-ethyl adjacent to an activating group) is 1. The molecule has 0 aliphatic carbocycles. The van der Waals surface area contributed by atoms with Crippen molar-refractivity contribution in [1.29, 1.82) is 0 Å². The Morgan fingerprint density at radius 2 is 0.964 bits per heavy atom. The summed E-state index contributed by atoms with van der Waals surface area (Å²) in [4.78, 5) is 25.0. The van der Waals surface area contributed by atoms with Gasteiger partial charge in [0.2, 0.25) is 0 Å². The highest BCUT2D eigenvalue weighted by Crippen LogP contribution is 2.38. The van der Waals surface area contributed by atoms with E-state index in [0.29, 0.717) is 17.4 Å². The van der Waals surface area contributed by atoms with Crippen molar-refractivity contribution >= 4 is 13.8 Å². The van der Waals surface area contributed by atoms with Crippen LogP contribution in [0.5, 0.6) is 0 Å². The largest absolute Gasteiger partial charge is 0.756 e. The first-order valence-electron chi connectivity index (χ1n) is 23.1. The van der Waals surface area contributed by atoms with Gasteiger partial charge in [-0.05, 0) is 51.0 Å². The molecule has 0 bridgehead atoms. The van der Waals surface area contributed by atoms with Crippen LogP contribution in [0.1, 0.15) is 213 Å². The number of ether oxygens (including phenoxy) is 2. The van der Waals surface area contributed by atoms with Crippen LogP contribution in [0.25, 0.3) is 0 Å². The summed E-state index contributed by atoms with van der Waals surface area (Å²) in [6.45, 7) is 4.75. The lowest BCUT2D eigenvalue weighted by atomic mass is 10.0. The molecule has 55 heavy (non-hydrogen) atoms. The van der Waals surface area contributed by atoms with Crippen molar-refractivity contribution in [2.24, 2.45) is 0 Å². The third kappa shape index (κ3) is 43.8. The van der Waals surface area contributed by atoms with Crippen LogP contribution in [0.2, 0.25) is 0 Å². The maximum Gasteiger partial charge on any atom is 0.306 e. The number of allylic oxidation sites excluding steroid dienone is 3. The highest BCUT2D eigenvalue weighted by Gasteiger charge is 2.20. The Morgan fingerprint density at radius 1 is 0.564 bits per heavy atom. The zero-order chi connectivity index (χ0) is 40.6. The molecule has 326 valence electrons. The molecule has 2 unspecified atom stereocenters. The number of nitrogens with zero attached hydrogens (tertiary/aromatic N) is 1. The van der Waals surface area contributed by atoms with Gasteiger partial charge in [-0.15, -0.1) is 0 Å². The second-order valence-corrected chi connectivity index (χ2v) is 18.2. The van der Waals surface area contributed by atoms with Crippen LogP contribution in [0.3, 0.4) is 0 Å². The topological polar surface area (TPSA) is 94.1 Å². The van der Waals surface area contributed by atoms with E-state index >= 15 is 0 Å². The van der Waals surface area contributed by atoms with Crippen LogP contribution < -0.4 is 4.89 Å². The maximum atomic E-state index is 12.7. The number of rotatable bonds is 43. The van der Waals surface area contributed by atoms with Crippen molar-refractivity contribution in [3.05, 3.63) is 24.5 Å². The summed E-state index contributed by atoms with van der Waals surface area (Å²) in [7, 11) is 1.33. The Morgan fingerprint density at radius 3 is 1.40 bits per heavy atom. The number of esters is 1. The first-order valence-corrected chi connectivity index (χ1v) is 24.6. The van der Waals surface area contributed by atoms with Gasteiger partial charge in [-0.3, -0.25) is 9.36 Å². The van der Waals surface area contributed by atoms with Gasteiger partial charge in [0.25, 0.3) is 7.82 Å². The number of carbonyl (C=O) groups is 1. The molecule has 9 heteroatoms. The molecule has 0 aliphatic rings. The molecular formula is C46H90NO7P. The van der Waals surface area contributed by atoms with E-state index in [9.17, 15) is 14.3 Å². The van der Waals surface area contributed by atoms with Crippen LogP contribution in [0.4, 0.5) is 0 Å². The molecule has 0 amide bonds. The minimum atomic E-state index is -4.54. The molecule has 0 aromatic carbocycles. The third-order valence-corrected chi connectivity index (χ3v) is 11.0. The SMILES string of the molecule is CCCCCCCC/C=C\CCCCCCCCCCCC(=O)OC(CO/C=C\CCCCCCCCCCCCCC)COP(=O)([O-])OCC[N+](C)(C)C. The molecule has 0 aromatic rings. The molecule has 0 spiro atoms. The standard InChI is InChI=1S/C46H90NO7P/c1-6-8-10-12-14-16-18-20-22-23-24-25-26-27-29-31-33-35-37-39-46(48)54-45(44-53-55(49,50)52-42-40-47(3,4)5)43-51-41-38-36-34-32-30-28-21-19-17-15-13-11-9-7-2/h20,22,38,41,45H,6-19,21,23-37,39-40,42-44H2,1-5H3/b22-20-,41-38-. The van der Waals surface area contributed by atoms with Gasteiger partial charge in [0.1, 0.15) is 19.8 Å². The molecule has 0 saturated heterocycles. The highest BCUT2D eigenvalue weighted by atomic mass is 31.2. The van der Waals surface area contributed by atoms with E-state index in [1.165, 1.54) is 161 Å². The summed E-state index contributed by atoms with van der Waals surface area (Å²) < 4.78 is 34.4. The van der Waals surface area contributed by atoms with Crippen LogP contribution in [0, 0.1) is 0 Å². The number of phosphoric ester groups is 1. The van der Waals surface area contributed by atoms with Crippen LogP contribution in [-0.4, -0.2) is 64.1 Å². The second kappa shape index (κ2) is 39.6. The summed E-state index contributed by atoms with van der Waals surface area (Å²) in [6.07, 6.45) is 45.7. The van der Waals surface area contributed by atoms with Gasteiger partial charge in [0, 0.05) is 6.42 Å². The molecule has 0 aliphatic heterocycles. The molecule has 0 heterocycles. The van der Waals surface area contributed by atoms with E-state index in [2.05, 4.69) is 26.0 Å². The van der Waals surface area contributed by atoms with E-state index in [1.54, 1.807) is 6.26 Å². The van der Waals surface area contributed by atoms with Crippen molar-refractivity contribution in [1.82, 2.24) is 0 Å². The Kier molecular flexibility index (Phi) is 38.8. The number of quaternary nitrogens is 1. The summed E-state index contributed by atoms with van der Waals surface area (Å²) >= 11 is 0.